The van der Waals surface area contributed by atoms with Gasteiger partial charge in [0.2, 0.25) is 0 Å². The van der Waals surface area contributed by atoms with Crippen LogP contribution >= 0.6 is 0 Å². The zero-order valence-corrected chi connectivity index (χ0v) is 7.83. The molecule has 0 heterocycles. The van der Waals surface area contributed by atoms with E-state index in [0.29, 0.717) is 6.42 Å². The average Bonchev–Trinajstić information content (AvgIpc) is 1.99. The number of carbonyl (C=O) groups is 1. The third-order valence-corrected chi connectivity index (χ3v) is 2.07. The van der Waals surface area contributed by atoms with Gasteiger partial charge in [-0.1, -0.05) is 6.08 Å². The lowest BCUT2D eigenvalue weighted by atomic mass is 9.88. The first kappa shape index (κ1) is 11.2. The maximum Gasteiger partial charge on any atom is 0.309 e. The molecular weight excluding hydrogens is 156 g/mol. The van der Waals surface area contributed by atoms with Gasteiger partial charge in [-0.3, -0.25) is 4.79 Å². The fourth-order valence-electron chi connectivity index (χ4n) is 0.991. The van der Waals surface area contributed by atoms with Crippen molar-refractivity contribution in [1.82, 2.24) is 0 Å². The molecule has 0 amide bonds. The molecule has 0 aliphatic carbocycles. The number of hydrogen-bond acceptors (Lipinski definition) is 2. The molecule has 0 aliphatic rings. The molecule has 0 fully saturated rings. The quantitative estimate of drug-likeness (QED) is 0.642. The van der Waals surface area contributed by atoms with Crippen LogP contribution in [0.4, 0.5) is 0 Å². The van der Waals surface area contributed by atoms with Gasteiger partial charge in [0.25, 0.3) is 0 Å². The minimum atomic E-state index is -0.846. The molecule has 12 heavy (non-hydrogen) atoms. The summed E-state index contributed by atoms with van der Waals surface area (Å²) in [6.07, 6.45) is 2.02. The monoisotopic (exact) mass is 172 g/mol. The van der Waals surface area contributed by atoms with Crippen LogP contribution < -0.4 is 0 Å². The van der Waals surface area contributed by atoms with Gasteiger partial charge in [0, 0.05) is 7.11 Å². The Kier molecular flexibility index (Phi) is 3.96. The SMILES string of the molecule is C=CCC(C(=O)O)C(C)(C)OC. The molecule has 0 radical (unpaired) electrons. The summed E-state index contributed by atoms with van der Waals surface area (Å²) in [5.74, 6) is -1.37. The Morgan fingerprint density at radius 1 is 1.75 bits per heavy atom. The van der Waals surface area contributed by atoms with Crippen molar-refractivity contribution in [2.45, 2.75) is 25.9 Å². The molecule has 70 valence electrons. The van der Waals surface area contributed by atoms with Gasteiger partial charge in [-0.25, -0.2) is 0 Å². The number of aliphatic carboxylic acids is 1. The van der Waals surface area contributed by atoms with Crippen LogP contribution in [0.5, 0.6) is 0 Å². The van der Waals surface area contributed by atoms with Gasteiger partial charge in [-0.05, 0) is 20.3 Å². The molecule has 0 rings (SSSR count). The molecule has 0 aliphatic heterocycles. The molecule has 0 bridgehead atoms. The Morgan fingerprint density at radius 3 is 2.50 bits per heavy atom. The van der Waals surface area contributed by atoms with Crippen LogP contribution in [0.2, 0.25) is 0 Å². The lowest BCUT2D eigenvalue weighted by Gasteiger charge is -2.29. The van der Waals surface area contributed by atoms with Crippen molar-refractivity contribution in [2.24, 2.45) is 5.92 Å². The van der Waals surface area contributed by atoms with Crippen LogP contribution in [0.15, 0.2) is 12.7 Å². The first-order chi connectivity index (χ1) is 5.45. The molecule has 0 saturated carbocycles. The van der Waals surface area contributed by atoms with E-state index in [0.717, 1.165) is 0 Å². The van der Waals surface area contributed by atoms with E-state index in [1.54, 1.807) is 19.9 Å². The zero-order chi connectivity index (χ0) is 9.78. The highest BCUT2D eigenvalue weighted by Gasteiger charge is 2.33. The highest BCUT2D eigenvalue weighted by Crippen LogP contribution is 2.24. The van der Waals surface area contributed by atoms with Crippen molar-refractivity contribution >= 4 is 5.97 Å². The number of methoxy groups -OCH3 is 1. The van der Waals surface area contributed by atoms with E-state index in [4.69, 9.17) is 9.84 Å². The van der Waals surface area contributed by atoms with Crippen molar-refractivity contribution in [3.05, 3.63) is 12.7 Å². The Bertz CT molecular complexity index is 173. The highest BCUT2D eigenvalue weighted by molar-refractivity contribution is 5.71. The Hall–Kier alpha value is -0.830. The summed E-state index contributed by atoms with van der Waals surface area (Å²) in [7, 11) is 1.51. The third kappa shape index (κ3) is 2.66. The van der Waals surface area contributed by atoms with Crippen LogP contribution in [-0.4, -0.2) is 23.8 Å². The molecule has 0 saturated heterocycles. The first-order valence-corrected chi connectivity index (χ1v) is 3.84. The maximum atomic E-state index is 10.8. The molecule has 3 heteroatoms. The Balaban J connectivity index is 4.48. The number of allylic oxidation sites excluding steroid dienone is 1. The largest absolute Gasteiger partial charge is 0.481 e. The first-order valence-electron chi connectivity index (χ1n) is 3.84. The third-order valence-electron chi connectivity index (χ3n) is 2.07. The lowest BCUT2D eigenvalue weighted by molar-refractivity contribution is -0.151. The second-order valence-electron chi connectivity index (χ2n) is 3.22. The van der Waals surface area contributed by atoms with E-state index in [9.17, 15) is 4.79 Å². The van der Waals surface area contributed by atoms with Gasteiger partial charge < -0.3 is 9.84 Å². The zero-order valence-electron chi connectivity index (χ0n) is 7.83. The Labute approximate surface area is 73.0 Å². The van der Waals surface area contributed by atoms with Crippen molar-refractivity contribution < 1.29 is 14.6 Å². The predicted molar refractivity (Wildman–Crippen MR) is 47.0 cm³/mol. The molecule has 0 aromatic carbocycles. The highest BCUT2D eigenvalue weighted by atomic mass is 16.5. The van der Waals surface area contributed by atoms with Crippen molar-refractivity contribution in [2.75, 3.05) is 7.11 Å². The number of rotatable bonds is 5. The fraction of sp³-hybridized carbons (Fsp3) is 0.667. The molecule has 1 atom stereocenters. The molecule has 0 aromatic heterocycles. The van der Waals surface area contributed by atoms with Crippen LogP contribution in [-0.2, 0) is 9.53 Å². The Morgan fingerprint density at radius 2 is 2.25 bits per heavy atom. The van der Waals surface area contributed by atoms with Crippen molar-refractivity contribution in [3.8, 4) is 0 Å². The lowest BCUT2D eigenvalue weighted by Crippen LogP contribution is -2.38. The molecule has 1 N–H and O–H groups in total. The minimum Gasteiger partial charge on any atom is -0.481 e. The molecule has 0 spiro atoms. The van der Waals surface area contributed by atoms with Gasteiger partial charge in [0.1, 0.15) is 0 Å². The van der Waals surface area contributed by atoms with Gasteiger partial charge in [0.05, 0.1) is 11.5 Å². The molecule has 3 nitrogen and oxygen atoms in total. The van der Waals surface area contributed by atoms with E-state index in [1.807, 2.05) is 0 Å². The number of carboxylic acids is 1. The summed E-state index contributed by atoms with van der Waals surface area (Å²) >= 11 is 0. The van der Waals surface area contributed by atoms with E-state index < -0.39 is 17.5 Å². The summed E-state index contributed by atoms with van der Waals surface area (Å²) in [6, 6.07) is 0. The summed E-state index contributed by atoms with van der Waals surface area (Å²) in [5, 5.41) is 8.84. The maximum absolute atomic E-state index is 10.8. The van der Waals surface area contributed by atoms with Gasteiger partial charge in [-0.2, -0.15) is 0 Å². The second-order valence-corrected chi connectivity index (χ2v) is 3.22. The minimum absolute atomic E-state index is 0.427. The topological polar surface area (TPSA) is 46.5 Å². The van der Waals surface area contributed by atoms with Crippen molar-refractivity contribution in [1.29, 1.82) is 0 Å². The standard InChI is InChI=1S/C9H16O3/c1-5-6-7(8(10)11)9(2,3)12-4/h5,7H,1,6H2,2-4H3,(H,10,11). The van der Waals surface area contributed by atoms with Gasteiger partial charge in [0.15, 0.2) is 0 Å². The smallest absolute Gasteiger partial charge is 0.309 e. The fourth-order valence-corrected chi connectivity index (χ4v) is 0.991. The van der Waals surface area contributed by atoms with Crippen LogP contribution in [0, 0.1) is 5.92 Å². The number of ether oxygens (including phenoxy) is 1. The second kappa shape index (κ2) is 4.26. The van der Waals surface area contributed by atoms with E-state index >= 15 is 0 Å². The number of hydrogen-bond donors (Lipinski definition) is 1. The average molecular weight is 172 g/mol. The normalized spacial score (nSPS) is 13.9. The van der Waals surface area contributed by atoms with Crippen molar-refractivity contribution in [3.63, 3.8) is 0 Å². The van der Waals surface area contributed by atoms with Crippen LogP contribution in [0.25, 0.3) is 0 Å². The van der Waals surface area contributed by atoms with E-state index in [-0.39, 0.29) is 0 Å². The summed E-state index contributed by atoms with van der Waals surface area (Å²) < 4.78 is 5.09. The van der Waals surface area contributed by atoms with Crippen LogP contribution in [0.3, 0.4) is 0 Å². The molecule has 0 aromatic rings. The van der Waals surface area contributed by atoms with E-state index in [1.165, 1.54) is 7.11 Å². The summed E-state index contributed by atoms with van der Waals surface area (Å²) in [6.45, 7) is 7.03. The van der Waals surface area contributed by atoms with E-state index in [2.05, 4.69) is 6.58 Å². The van der Waals surface area contributed by atoms with Gasteiger partial charge in [-0.15, -0.1) is 6.58 Å². The molecular formula is C9H16O3. The van der Waals surface area contributed by atoms with Crippen LogP contribution in [0.1, 0.15) is 20.3 Å². The number of carboxylic acid groups (broad SMARTS) is 1. The predicted octanol–water partition coefficient (Wildman–Crippen LogP) is 1.69. The summed E-state index contributed by atoms with van der Waals surface area (Å²) in [5.41, 5.74) is -0.639. The summed E-state index contributed by atoms with van der Waals surface area (Å²) in [4.78, 5) is 10.8. The molecule has 1 unspecified atom stereocenters. The van der Waals surface area contributed by atoms with Gasteiger partial charge >= 0.3 is 5.97 Å².